The van der Waals surface area contributed by atoms with Crippen LogP contribution in [0.2, 0.25) is 0 Å². The Hall–Kier alpha value is -5.36. The number of ether oxygens (including phenoxy) is 3. The molecule has 1 aliphatic heterocycles. The number of hydrogen-bond donors (Lipinski definition) is 0. The summed E-state index contributed by atoms with van der Waals surface area (Å²) in [5, 5.41) is 2.39. The molecule has 1 heterocycles. The molecule has 3 aliphatic rings. The molecule has 1 saturated carbocycles. The maximum atomic E-state index is 7.98. The van der Waals surface area contributed by atoms with Crippen molar-refractivity contribution < 1.29 is 14.2 Å². The highest BCUT2D eigenvalue weighted by Gasteiger charge is 2.54. The summed E-state index contributed by atoms with van der Waals surface area (Å²) < 4.78 is 20.1. The average molecular weight is 879 g/mol. The zero-order chi connectivity index (χ0) is 44.2. The quantitative estimate of drug-likeness (QED) is 0.129. The summed E-state index contributed by atoms with van der Waals surface area (Å²) >= 11 is 3.74. The highest BCUT2D eigenvalue weighted by Crippen LogP contribution is 2.66. The molecule has 324 valence electrons. The van der Waals surface area contributed by atoms with Crippen LogP contribution in [0.4, 0.5) is 0 Å². The predicted molar refractivity (Wildman–Crippen MR) is 268 cm³/mol. The molecule has 0 aromatic heterocycles. The van der Waals surface area contributed by atoms with Gasteiger partial charge in [-0.1, -0.05) is 142 Å². The lowest BCUT2D eigenvalue weighted by atomic mass is 9.55. The van der Waals surface area contributed by atoms with Gasteiger partial charge in [-0.3, -0.25) is 0 Å². The summed E-state index contributed by atoms with van der Waals surface area (Å²) in [6.45, 7) is 17.3. The van der Waals surface area contributed by atoms with Gasteiger partial charge in [0.2, 0.25) is 0 Å². The molecule has 0 bridgehead atoms. The van der Waals surface area contributed by atoms with Crippen LogP contribution in [0.25, 0.3) is 28.0 Å². The summed E-state index contributed by atoms with van der Waals surface area (Å²) in [7, 11) is 0. The lowest BCUT2D eigenvalue weighted by Crippen LogP contribution is -2.42. The zero-order valence-electron chi connectivity index (χ0n) is 38.2. The van der Waals surface area contributed by atoms with Gasteiger partial charge in [0.1, 0.15) is 17.2 Å². The van der Waals surface area contributed by atoms with Crippen LogP contribution in [-0.4, -0.2) is 13.2 Å². The molecule has 2 aliphatic carbocycles. The molecule has 64 heavy (non-hydrogen) atoms. The highest BCUT2D eigenvalue weighted by molar-refractivity contribution is 8.02. The van der Waals surface area contributed by atoms with E-state index in [0.717, 1.165) is 59.4 Å². The van der Waals surface area contributed by atoms with Gasteiger partial charge in [0.05, 0.1) is 13.2 Å². The number of fused-ring (bicyclic) bond motifs is 10. The molecular formula is C59H58O3S2. The third-order valence-corrected chi connectivity index (χ3v) is 16.7. The minimum Gasteiger partial charge on any atom is -0.494 e. The summed E-state index contributed by atoms with van der Waals surface area (Å²) in [5.74, 6) is 3.07. The van der Waals surface area contributed by atoms with Crippen molar-refractivity contribution in [3.8, 4) is 28.4 Å². The van der Waals surface area contributed by atoms with E-state index in [4.69, 9.17) is 14.2 Å². The standard InChI is InChI=1S/C59H58O3S2/c1-8-34-61-44-28-24-42(25-29-44)59(41-22-26-43(27-23-41)60-9-2)31-30-46-55-54(45-18-12-13-19-49(45)58(55)33-32-57(6,7)37-40(58)5)47-35-52(63-50-20-14-10-16-38(50)3)53(36-48(47)56(46)62-59)64-51-21-15-11-17-39(51)4/h10-31,35-36,40H,8-9,32-34,37H2,1-7H3. The minimum absolute atomic E-state index is 0.164. The summed E-state index contributed by atoms with van der Waals surface area (Å²) in [6, 6.07) is 48.9. The van der Waals surface area contributed by atoms with E-state index in [2.05, 4.69) is 187 Å². The van der Waals surface area contributed by atoms with E-state index in [9.17, 15) is 0 Å². The molecule has 7 aromatic carbocycles. The van der Waals surface area contributed by atoms with E-state index in [1.165, 1.54) is 63.9 Å². The molecule has 5 heteroatoms. The van der Waals surface area contributed by atoms with Gasteiger partial charge in [-0.15, -0.1) is 0 Å². The Morgan fingerprint density at radius 3 is 1.83 bits per heavy atom. The van der Waals surface area contributed by atoms with Gasteiger partial charge >= 0.3 is 0 Å². The van der Waals surface area contributed by atoms with Crippen molar-refractivity contribution in [2.24, 2.45) is 11.3 Å². The fraction of sp³-hybridized carbons (Fsp3) is 0.288. The first kappa shape index (κ1) is 42.6. The second-order valence-electron chi connectivity index (χ2n) is 18.9. The van der Waals surface area contributed by atoms with Crippen molar-refractivity contribution in [2.75, 3.05) is 13.2 Å². The molecule has 3 unspecified atom stereocenters. The fourth-order valence-electron chi connectivity index (χ4n) is 11.0. The molecule has 0 saturated heterocycles. The zero-order valence-corrected chi connectivity index (χ0v) is 39.9. The van der Waals surface area contributed by atoms with E-state index >= 15 is 0 Å². The first-order valence-corrected chi connectivity index (χ1v) is 24.8. The lowest BCUT2D eigenvalue weighted by molar-refractivity contribution is 0.123. The van der Waals surface area contributed by atoms with Gasteiger partial charge in [0.15, 0.2) is 5.60 Å². The summed E-state index contributed by atoms with van der Waals surface area (Å²) in [4.78, 5) is 4.98. The third-order valence-electron chi connectivity index (χ3n) is 14.1. The Balaban J connectivity index is 1.29. The Labute approximate surface area is 388 Å². The molecule has 10 rings (SSSR count). The maximum absolute atomic E-state index is 7.98. The number of benzene rings is 7. The van der Waals surface area contributed by atoms with Crippen molar-refractivity contribution in [3.63, 3.8) is 0 Å². The molecule has 3 atom stereocenters. The maximum Gasteiger partial charge on any atom is 0.178 e. The topological polar surface area (TPSA) is 27.7 Å². The third kappa shape index (κ3) is 7.24. The van der Waals surface area contributed by atoms with Crippen LogP contribution >= 0.6 is 23.5 Å². The molecule has 0 amide bonds. The van der Waals surface area contributed by atoms with Crippen LogP contribution in [0.1, 0.15) is 99.2 Å². The van der Waals surface area contributed by atoms with Gasteiger partial charge in [-0.05, 0) is 151 Å². The lowest BCUT2D eigenvalue weighted by Gasteiger charge is -2.49. The molecule has 3 nitrogen and oxygen atoms in total. The average Bonchev–Trinajstić information content (AvgIpc) is 3.60. The number of hydrogen-bond acceptors (Lipinski definition) is 5. The Morgan fingerprint density at radius 2 is 1.23 bits per heavy atom. The van der Waals surface area contributed by atoms with Crippen molar-refractivity contribution >= 4 is 40.4 Å². The normalized spacial score (nSPS) is 20.4. The van der Waals surface area contributed by atoms with E-state index in [1.807, 2.05) is 30.4 Å². The van der Waals surface area contributed by atoms with Crippen LogP contribution in [0, 0.1) is 25.2 Å². The largest absolute Gasteiger partial charge is 0.494 e. The van der Waals surface area contributed by atoms with Gasteiger partial charge in [-0.2, -0.15) is 0 Å². The van der Waals surface area contributed by atoms with Gasteiger partial charge in [-0.25, -0.2) is 0 Å². The van der Waals surface area contributed by atoms with E-state index in [1.54, 1.807) is 0 Å². The summed E-state index contributed by atoms with van der Waals surface area (Å²) in [6.07, 6.45) is 9.12. The molecule has 0 radical (unpaired) electrons. The van der Waals surface area contributed by atoms with Crippen LogP contribution in [0.3, 0.4) is 0 Å². The van der Waals surface area contributed by atoms with Crippen molar-refractivity contribution in [1.29, 1.82) is 0 Å². The number of rotatable bonds is 11. The summed E-state index contributed by atoms with van der Waals surface area (Å²) in [5.41, 5.74) is 10.6. The van der Waals surface area contributed by atoms with Crippen molar-refractivity contribution in [2.45, 2.75) is 105 Å². The van der Waals surface area contributed by atoms with E-state index < -0.39 is 5.60 Å². The molecule has 7 aromatic rings. The smallest absolute Gasteiger partial charge is 0.178 e. The van der Waals surface area contributed by atoms with E-state index in [0.29, 0.717) is 19.1 Å². The molecular weight excluding hydrogens is 821 g/mol. The predicted octanol–water partition coefficient (Wildman–Crippen LogP) is 16.4. The van der Waals surface area contributed by atoms with Gasteiger partial charge in [0, 0.05) is 47.1 Å². The van der Waals surface area contributed by atoms with Crippen LogP contribution < -0.4 is 14.2 Å². The Morgan fingerprint density at radius 1 is 0.656 bits per heavy atom. The second-order valence-corrected chi connectivity index (χ2v) is 21.0. The van der Waals surface area contributed by atoms with Crippen molar-refractivity contribution in [1.82, 2.24) is 0 Å². The molecule has 0 N–H and O–H groups in total. The Bertz CT molecular complexity index is 2910. The first-order valence-electron chi connectivity index (χ1n) is 23.1. The second kappa shape index (κ2) is 16.9. The highest BCUT2D eigenvalue weighted by atomic mass is 32.2. The minimum atomic E-state index is -0.932. The molecule has 1 fully saturated rings. The Kier molecular flexibility index (Phi) is 11.2. The van der Waals surface area contributed by atoms with Gasteiger partial charge < -0.3 is 14.2 Å². The van der Waals surface area contributed by atoms with Crippen LogP contribution in [0.5, 0.6) is 17.2 Å². The SMILES string of the molecule is CCCOc1ccc(C2(c3ccc(OCC)cc3)C=Cc3c4c(c5cc(Sc6ccccc6C)c(Sc6ccccc6C)cc5c3O2)-c2ccccc2C42CCC(C)(C)CC2C)cc1. The monoisotopic (exact) mass is 878 g/mol. The van der Waals surface area contributed by atoms with Crippen molar-refractivity contribution in [3.05, 3.63) is 178 Å². The number of aryl methyl sites for hydroxylation is 2. The first-order chi connectivity index (χ1) is 31.0. The van der Waals surface area contributed by atoms with Crippen LogP contribution in [0.15, 0.2) is 159 Å². The molecule has 1 spiro atoms. The van der Waals surface area contributed by atoms with Crippen LogP contribution in [-0.2, 0) is 11.0 Å². The van der Waals surface area contributed by atoms with E-state index in [-0.39, 0.29) is 10.8 Å². The van der Waals surface area contributed by atoms with Gasteiger partial charge in [0.25, 0.3) is 0 Å². The fourth-order valence-corrected chi connectivity index (χ4v) is 13.1.